The Labute approximate surface area is 164 Å². The van der Waals surface area contributed by atoms with Crippen LogP contribution in [-0.4, -0.2) is 34.8 Å². The minimum Gasteiger partial charge on any atom is -0.350 e. The summed E-state index contributed by atoms with van der Waals surface area (Å²) in [5.74, 6) is -0.0162. The minimum atomic E-state index is -0.177. The molecule has 0 saturated heterocycles. The molecule has 0 bridgehead atoms. The van der Waals surface area contributed by atoms with E-state index in [9.17, 15) is 14.4 Å². The van der Waals surface area contributed by atoms with Gasteiger partial charge < -0.3 is 15.2 Å². The van der Waals surface area contributed by atoms with Gasteiger partial charge in [-0.25, -0.2) is 0 Å². The molecule has 0 radical (unpaired) electrons. The fraction of sp³-hybridized carbons (Fsp3) is 0.409. The molecule has 1 aliphatic carbocycles. The minimum absolute atomic E-state index is 0.0247. The fourth-order valence-electron chi connectivity index (χ4n) is 4.47. The van der Waals surface area contributed by atoms with E-state index in [2.05, 4.69) is 17.2 Å². The number of ketones is 1. The number of carbonyl (C=O) groups is 3. The zero-order valence-corrected chi connectivity index (χ0v) is 15.9. The quantitative estimate of drug-likeness (QED) is 0.619. The van der Waals surface area contributed by atoms with Crippen LogP contribution < -0.4 is 10.6 Å². The normalized spacial score (nSPS) is 21.6. The summed E-state index contributed by atoms with van der Waals surface area (Å²) < 4.78 is 1.98. The monoisotopic (exact) mass is 379 g/mol. The molecule has 6 heteroatoms. The average Bonchev–Trinajstić information content (AvgIpc) is 3.08. The van der Waals surface area contributed by atoms with Gasteiger partial charge in [-0.3, -0.25) is 14.4 Å². The summed E-state index contributed by atoms with van der Waals surface area (Å²) in [7, 11) is 0. The standard InChI is InChI=1S/C22H25N3O3/c1-2-21(27)24-17-6-4-3-5-14(17)13-20(26)16-8-7-15-11-19-22(28)23-9-10-25(19)18(15)12-16/h2,7-8,11-12,14,17H,1,3-6,9-10,13H2,(H,23,28)(H,24,27). The number of hydrogen-bond acceptors (Lipinski definition) is 3. The zero-order chi connectivity index (χ0) is 19.7. The van der Waals surface area contributed by atoms with Gasteiger partial charge >= 0.3 is 0 Å². The number of hydrogen-bond donors (Lipinski definition) is 2. The number of nitrogens with one attached hydrogen (secondary N) is 2. The van der Waals surface area contributed by atoms with Gasteiger partial charge in [0.05, 0.1) is 0 Å². The summed E-state index contributed by atoms with van der Waals surface area (Å²) >= 11 is 0. The molecular formula is C22H25N3O3. The lowest BCUT2D eigenvalue weighted by molar-refractivity contribution is -0.117. The Balaban J connectivity index is 1.55. The molecule has 1 aromatic heterocycles. The fourth-order valence-corrected chi connectivity index (χ4v) is 4.47. The van der Waals surface area contributed by atoms with Crippen molar-refractivity contribution in [2.24, 2.45) is 5.92 Å². The van der Waals surface area contributed by atoms with Crippen LogP contribution in [0.5, 0.6) is 0 Å². The molecule has 2 aromatic rings. The van der Waals surface area contributed by atoms with E-state index in [0.717, 1.165) is 36.6 Å². The Bertz CT molecular complexity index is 959. The molecule has 2 N–H and O–H groups in total. The van der Waals surface area contributed by atoms with Gasteiger partial charge in [-0.15, -0.1) is 0 Å². The zero-order valence-electron chi connectivity index (χ0n) is 15.9. The first kappa shape index (κ1) is 18.5. The summed E-state index contributed by atoms with van der Waals surface area (Å²) in [6, 6.07) is 7.56. The van der Waals surface area contributed by atoms with Crippen LogP contribution in [0.25, 0.3) is 10.9 Å². The molecule has 0 spiro atoms. The highest BCUT2D eigenvalue weighted by Gasteiger charge is 2.28. The molecule has 2 heterocycles. The molecule has 1 saturated carbocycles. The van der Waals surface area contributed by atoms with Gasteiger partial charge in [0.15, 0.2) is 5.78 Å². The van der Waals surface area contributed by atoms with Crippen LogP contribution in [0.15, 0.2) is 36.9 Å². The first-order chi connectivity index (χ1) is 13.6. The molecule has 1 aromatic carbocycles. The maximum atomic E-state index is 13.0. The molecule has 2 aliphatic rings. The van der Waals surface area contributed by atoms with Gasteiger partial charge in [0, 0.05) is 42.0 Å². The number of amides is 2. The third-order valence-corrected chi connectivity index (χ3v) is 5.95. The first-order valence-electron chi connectivity index (χ1n) is 9.94. The van der Waals surface area contributed by atoms with Gasteiger partial charge in [-0.1, -0.05) is 31.6 Å². The summed E-state index contributed by atoms with van der Waals surface area (Å²) in [6.45, 7) is 4.82. The van der Waals surface area contributed by atoms with Gasteiger partial charge in [0.25, 0.3) is 5.91 Å². The van der Waals surface area contributed by atoms with E-state index in [4.69, 9.17) is 0 Å². The number of nitrogens with zero attached hydrogens (tertiary/aromatic N) is 1. The number of Topliss-reactive ketones (excluding diaryl/α,β-unsaturated/α-hetero) is 1. The Morgan fingerprint density at radius 3 is 2.89 bits per heavy atom. The Morgan fingerprint density at radius 1 is 1.25 bits per heavy atom. The van der Waals surface area contributed by atoms with Crippen LogP contribution in [0.3, 0.4) is 0 Å². The van der Waals surface area contributed by atoms with E-state index in [1.54, 1.807) is 0 Å². The number of benzene rings is 1. The van der Waals surface area contributed by atoms with Gasteiger partial charge in [-0.2, -0.15) is 0 Å². The number of aromatic nitrogens is 1. The van der Waals surface area contributed by atoms with Crippen molar-refractivity contribution in [2.45, 2.75) is 44.7 Å². The van der Waals surface area contributed by atoms with E-state index in [-0.39, 0.29) is 29.6 Å². The summed E-state index contributed by atoms with van der Waals surface area (Å²) in [6.07, 6.45) is 5.69. The van der Waals surface area contributed by atoms with E-state index in [0.29, 0.717) is 30.8 Å². The molecule has 1 fully saturated rings. The second-order valence-electron chi connectivity index (χ2n) is 7.70. The number of fused-ring (bicyclic) bond motifs is 3. The predicted octanol–water partition coefficient (Wildman–Crippen LogP) is 2.82. The first-order valence-corrected chi connectivity index (χ1v) is 9.94. The molecule has 28 heavy (non-hydrogen) atoms. The number of rotatable bonds is 5. The molecule has 6 nitrogen and oxygen atoms in total. The Morgan fingerprint density at radius 2 is 2.07 bits per heavy atom. The summed E-state index contributed by atoms with van der Waals surface area (Å²) in [5.41, 5.74) is 2.24. The van der Waals surface area contributed by atoms with Crippen LogP contribution in [0.1, 0.15) is 53.0 Å². The van der Waals surface area contributed by atoms with Crippen LogP contribution >= 0.6 is 0 Å². The second kappa shape index (κ2) is 7.62. The SMILES string of the molecule is C=CC(=O)NC1CCCCC1CC(=O)c1ccc2cc3n(c2c1)CCNC3=O. The molecular weight excluding hydrogens is 354 g/mol. The third-order valence-electron chi connectivity index (χ3n) is 5.95. The molecule has 1 aliphatic heterocycles. The van der Waals surface area contributed by atoms with Crippen molar-refractivity contribution in [3.8, 4) is 0 Å². The Hall–Kier alpha value is -2.89. The van der Waals surface area contributed by atoms with Crippen molar-refractivity contribution in [1.82, 2.24) is 15.2 Å². The topological polar surface area (TPSA) is 80.2 Å². The predicted molar refractivity (Wildman–Crippen MR) is 107 cm³/mol. The summed E-state index contributed by atoms with van der Waals surface area (Å²) in [5, 5.41) is 6.81. The molecule has 2 unspecified atom stereocenters. The van der Waals surface area contributed by atoms with Crippen molar-refractivity contribution in [3.05, 3.63) is 48.2 Å². The van der Waals surface area contributed by atoms with Crippen LogP contribution in [0.2, 0.25) is 0 Å². The van der Waals surface area contributed by atoms with Crippen LogP contribution in [-0.2, 0) is 11.3 Å². The lowest BCUT2D eigenvalue weighted by Crippen LogP contribution is -2.42. The van der Waals surface area contributed by atoms with Gasteiger partial charge in [-0.05, 0) is 37.0 Å². The number of carbonyl (C=O) groups excluding carboxylic acids is 3. The lowest BCUT2D eigenvalue weighted by Gasteiger charge is -2.31. The van der Waals surface area contributed by atoms with Gasteiger partial charge in [0.1, 0.15) is 5.69 Å². The third kappa shape index (κ3) is 3.46. The largest absolute Gasteiger partial charge is 0.350 e. The molecule has 146 valence electrons. The lowest BCUT2D eigenvalue weighted by atomic mass is 9.80. The average molecular weight is 379 g/mol. The van der Waals surface area contributed by atoms with Crippen molar-refractivity contribution in [3.63, 3.8) is 0 Å². The van der Waals surface area contributed by atoms with Crippen molar-refractivity contribution >= 4 is 28.5 Å². The van der Waals surface area contributed by atoms with Crippen LogP contribution in [0, 0.1) is 5.92 Å². The highest BCUT2D eigenvalue weighted by Crippen LogP contribution is 2.29. The van der Waals surface area contributed by atoms with E-state index in [1.165, 1.54) is 6.08 Å². The van der Waals surface area contributed by atoms with Crippen molar-refractivity contribution in [2.75, 3.05) is 6.54 Å². The van der Waals surface area contributed by atoms with Crippen molar-refractivity contribution in [1.29, 1.82) is 0 Å². The molecule has 2 amide bonds. The van der Waals surface area contributed by atoms with Crippen molar-refractivity contribution < 1.29 is 14.4 Å². The summed E-state index contributed by atoms with van der Waals surface area (Å²) in [4.78, 5) is 36.7. The van der Waals surface area contributed by atoms with E-state index in [1.807, 2.05) is 28.8 Å². The smallest absolute Gasteiger partial charge is 0.268 e. The van der Waals surface area contributed by atoms with E-state index < -0.39 is 0 Å². The second-order valence-corrected chi connectivity index (χ2v) is 7.70. The van der Waals surface area contributed by atoms with Gasteiger partial charge in [0.2, 0.25) is 5.91 Å². The molecule has 2 atom stereocenters. The van der Waals surface area contributed by atoms with E-state index >= 15 is 0 Å². The van der Waals surface area contributed by atoms with Crippen LogP contribution in [0.4, 0.5) is 0 Å². The Kier molecular flexibility index (Phi) is 5.03. The highest BCUT2D eigenvalue weighted by molar-refractivity contribution is 6.03. The highest BCUT2D eigenvalue weighted by atomic mass is 16.2. The molecule has 4 rings (SSSR count). The maximum absolute atomic E-state index is 13.0. The maximum Gasteiger partial charge on any atom is 0.268 e.